The van der Waals surface area contributed by atoms with E-state index < -0.39 is 0 Å². The number of amides is 2. The molecule has 0 spiro atoms. The molecular formula is C19H18FN3O2. The summed E-state index contributed by atoms with van der Waals surface area (Å²) in [4.78, 5) is 25.9. The van der Waals surface area contributed by atoms with Crippen molar-refractivity contribution in [2.75, 3.05) is 13.1 Å². The van der Waals surface area contributed by atoms with E-state index in [0.29, 0.717) is 17.7 Å². The molecule has 6 heteroatoms. The normalized spacial score (nSPS) is 9.96. The standard InChI is InChI=1S/C19H18FN3O2/c1-2-23(19(25)16-7-3-14(11-21)4-8-16)13-18(24)22-12-15-5-9-17(20)10-6-15/h3-10H,2,12-13H2,1H3,(H,22,24). The molecule has 0 heterocycles. The van der Waals surface area contributed by atoms with Crippen molar-refractivity contribution in [3.8, 4) is 6.07 Å². The average molecular weight is 339 g/mol. The van der Waals surface area contributed by atoms with Gasteiger partial charge in [0.05, 0.1) is 18.2 Å². The number of nitriles is 1. The molecule has 0 radical (unpaired) electrons. The Balaban J connectivity index is 1.93. The van der Waals surface area contributed by atoms with Gasteiger partial charge in [-0.25, -0.2) is 4.39 Å². The minimum atomic E-state index is -0.333. The fourth-order valence-corrected chi connectivity index (χ4v) is 2.23. The fourth-order valence-electron chi connectivity index (χ4n) is 2.23. The lowest BCUT2D eigenvalue weighted by Gasteiger charge is -2.20. The van der Waals surface area contributed by atoms with E-state index in [1.165, 1.54) is 17.0 Å². The van der Waals surface area contributed by atoms with Crippen molar-refractivity contribution in [3.05, 3.63) is 71.0 Å². The van der Waals surface area contributed by atoms with E-state index in [2.05, 4.69) is 5.32 Å². The van der Waals surface area contributed by atoms with Crippen molar-refractivity contribution in [1.29, 1.82) is 5.26 Å². The lowest BCUT2D eigenvalue weighted by Crippen LogP contribution is -2.40. The molecule has 0 saturated heterocycles. The maximum absolute atomic E-state index is 12.9. The Labute approximate surface area is 145 Å². The maximum atomic E-state index is 12.9. The van der Waals surface area contributed by atoms with E-state index in [1.54, 1.807) is 43.3 Å². The van der Waals surface area contributed by atoms with Crippen LogP contribution in [0.5, 0.6) is 0 Å². The van der Waals surface area contributed by atoms with Crippen molar-refractivity contribution in [2.24, 2.45) is 0 Å². The van der Waals surface area contributed by atoms with Gasteiger partial charge in [0.25, 0.3) is 5.91 Å². The molecule has 5 nitrogen and oxygen atoms in total. The minimum Gasteiger partial charge on any atom is -0.350 e. The van der Waals surface area contributed by atoms with Crippen molar-refractivity contribution in [1.82, 2.24) is 10.2 Å². The first kappa shape index (κ1) is 18.1. The number of likely N-dealkylation sites (N-methyl/N-ethyl adjacent to an activating group) is 1. The zero-order chi connectivity index (χ0) is 18.2. The number of nitrogens with zero attached hydrogens (tertiary/aromatic N) is 2. The van der Waals surface area contributed by atoms with Crippen LogP contribution in [0.25, 0.3) is 0 Å². The van der Waals surface area contributed by atoms with Crippen LogP contribution in [0.2, 0.25) is 0 Å². The third kappa shape index (κ3) is 5.15. The van der Waals surface area contributed by atoms with Crippen LogP contribution in [0.4, 0.5) is 4.39 Å². The Hall–Kier alpha value is -3.20. The highest BCUT2D eigenvalue weighted by Crippen LogP contribution is 2.07. The molecule has 0 aliphatic carbocycles. The summed E-state index contributed by atoms with van der Waals surface area (Å²) in [6.45, 7) is 2.36. The molecule has 2 amide bonds. The van der Waals surface area contributed by atoms with Crippen LogP contribution in [-0.4, -0.2) is 29.8 Å². The highest BCUT2D eigenvalue weighted by molar-refractivity contribution is 5.96. The van der Waals surface area contributed by atoms with E-state index in [0.717, 1.165) is 5.56 Å². The number of hydrogen-bond acceptors (Lipinski definition) is 3. The first-order chi connectivity index (χ1) is 12.0. The molecule has 128 valence electrons. The monoisotopic (exact) mass is 339 g/mol. The highest BCUT2D eigenvalue weighted by atomic mass is 19.1. The number of carbonyl (C=O) groups excluding carboxylic acids is 2. The van der Waals surface area contributed by atoms with Crippen LogP contribution < -0.4 is 5.32 Å². The largest absolute Gasteiger partial charge is 0.350 e. The molecule has 0 aromatic heterocycles. The van der Waals surface area contributed by atoms with Gasteiger partial charge in [0.1, 0.15) is 5.82 Å². The van der Waals surface area contributed by atoms with Crippen molar-refractivity contribution >= 4 is 11.8 Å². The summed E-state index contributed by atoms with van der Waals surface area (Å²) in [6.07, 6.45) is 0. The first-order valence-electron chi connectivity index (χ1n) is 7.84. The SMILES string of the molecule is CCN(CC(=O)NCc1ccc(F)cc1)C(=O)c1ccc(C#N)cc1. The lowest BCUT2D eigenvalue weighted by molar-refractivity contribution is -0.121. The van der Waals surface area contributed by atoms with Gasteiger partial charge in [0.2, 0.25) is 5.91 Å². The second kappa shape index (κ2) is 8.60. The highest BCUT2D eigenvalue weighted by Gasteiger charge is 2.17. The molecule has 0 aliphatic rings. The summed E-state index contributed by atoms with van der Waals surface area (Å²) < 4.78 is 12.9. The summed E-state index contributed by atoms with van der Waals surface area (Å²) in [5, 5.41) is 11.5. The van der Waals surface area contributed by atoms with Gasteiger partial charge in [0.15, 0.2) is 0 Å². The van der Waals surface area contributed by atoms with E-state index in [1.807, 2.05) is 6.07 Å². The molecule has 2 aromatic carbocycles. The fraction of sp³-hybridized carbons (Fsp3) is 0.211. The van der Waals surface area contributed by atoms with Gasteiger partial charge in [-0.15, -0.1) is 0 Å². The van der Waals surface area contributed by atoms with E-state index in [9.17, 15) is 14.0 Å². The van der Waals surface area contributed by atoms with Gasteiger partial charge in [-0.3, -0.25) is 9.59 Å². The van der Waals surface area contributed by atoms with Crippen LogP contribution in [0.1, 0.15) is 28.4 Å². The molecule has 0 bridgehead atoms. The Bertz CT molecular complexity index is 780. The summed E-state index contributed by atoms with van der Waals surface area (Å²) in [6, 6.07) is 14.1. The van der Waals surface area contributed by atoms with Gasteiger partial charge in [-0.1, -0.05) is 12.1 Å². The third-order valence-electron chi connectivity index (χ3n) is 3.67. The van der Waals surface area contributed by atoms with Crippen LogP contribution in [-0.2, 0) is 11.3 Å². The Kier molecular flexibility index (Phi) is 6.24. The number of rotatable bonds is 6. The molecule has 2 aromatic rings. The number of benzene rings is 2. The number of carbonyl (C=O) groups is 2. The van der Waals surface area contributed by atoms with Crippen molar-refractivity contribution < 1.29 is 14.0 Å². The zero-order valence-electron chi connectivity index (χ0n) is 13.8. The van der Waals surface area contributed by atoms with E-state index in [-0.39, 0.29) is 30.7 Å². The summed E-state index contributed by atoms with van der Waals surface area (Å²) in [7, 11) is 0. The summed E-state index contributed by atoms with van der Waals surface area (Å²) >= 11 is 0. The predicted octanol–water partition coefficient (Wildman–Crippen LogP) is 2.48. The van der Waals surface area contributed by atoms with Crippen molar-refractivity contribution in [3.63, 3.8) is 0 Å². The smallest absolute Gasteiger partial charge is 0.254 e. The van der Waals surface area contributed by atoms with Gasteiger partial charge < -0.3 is 10.2 Å². The molecular weight excluding hydrogens is 321 g/mol. The van der Waals surface area contributed by atoms with Gasteiger partial charge >= 0.3 is 0 Å². The lowest BCUT2D eigenvalue weighted by atomic mass is 10.1. The van der Waals surface area contributed by atoms with Gasteiger partial charge in [-0.05, 0) is 48.9 Å². The molecule has 2 rings (SSSR count). The van der Waals surface area contributed by atoms with Crippen LogP contribution in [0, 0.1) is 17.1 Å². The van der Waals surface area contributed by atoms with E-state index in [4.69, 9.17) is 5.26 Å². The topological polar surface area (TPSA) is 73.2 Å². The number of hydrogen-bond donors (Lipinski definition) is 1. The first-order valence-corrected chi connectivity index (χ1v) is 7.84. The molecule has 1 N–H and O–H groups in total. The van der Waals surface area contributed by atoms with Gasteiger partial charge in [0, 0.05) is 18.7 Å². The molecule has 0 saturated carbocycles. The van der Waals surface area contributed by atoms with Crippen LogP contribution >= 0.6 is 0 Å². The average Bonchev–Trinajstić information content (AvgIpc) is 2.65. The van der Waals surface area contributed by atoms with Crippen LogP contribution in [0.15, 0.2) is 48.5 Å². The van der Waals surface area contributed by atoms with Gasteiger partial charge in [-0.2, -0.15) is 5.26 Å². The zero-order valence-corrected chi connectivity index (χ0v) is 13.8. The van der Waals surface area contributed by atoms with Crippen molar-refractivity contribution in [2.45, 2.75) is 13.5 Å². The molecule has 0 fully saturated rings. The molecule has 25 heavy (non-hydrogen) atoms. The van der Waals surface area contributed by atoms with E-state index >= 15 is 0 Å². The Morgan fingerprint density at radius 2 is 1.76 bits per heavy atom. The second-order valence-corrected chi connectivity index (χ2v) is 5.41. The quantitative estimate of drug-likeness (QED) is 0.879. The number of nitrogens with one attached hydrogen (secondary N) is 1. The Morgan fingerprint density at radius 1 is 1.12 bits per heavy atom. The summed E-state index contributed by atoms with van der Waals surface area (Å²) in [5.41, 5.74) is 1.67. The second-order valence-electron chi connectivity index (χ2n) is 5.41. The summed E-state index contributed by atoms with van der Waals surface area (Å²) in [5.74, 6) is -0.905. The molecule has 0 atom stereocenters. The molecule has 0 aliphatic heterocycles. The third-order valence-corrected chi connectivity index (χ3v) is 3.67. The van der Waals surface area contributed by atoms with Crippen LogP contribution in [0.3, 0.4) is 0 Å². The molecule has 0 unspecified atom stereocenters. The number of halogens is 1. The maximum Gasteiger partial charge on any atom is 0.254 e. The predicted molar refractivity (Wildman–Crippen MR) is 91.0 cm³/mol. The minimum absolute atomic E-state index is 0.0729. The Morgan fingerprint density at radius 3 is 2.32 bits per heavy atom.